The van der Waals surface area contributed by atoms with E-state index in [2.05, 4.69) is 4.98 Å². The van der Waals surface area contributed by atoms with Gasteiger partial charge in [0.1, 0.15) is 0 Å². The van der Waals surface area contributed by atoms with Gasteiger partial charge in [-0.2, -0.15) is 0 Å². The largest absolute Gasteiger partial charge is 0.375 e. The maximum Gasteiger partial charge on any atom is 0.179 e. The third kappa shape index (κ3) is 2.08. The lowest BCUT2D eigenvalue weighted by molar-refractivity contribution is 1.43. The highest BCUT2D eigenvalue weighted by Gasteiger charge is 1.76. The molecule has 7 heavy (non-hydrogen) atoms. The second-order valence-electron chi connectivity index (χ2n) is 0.870. The lowest BCUT2D eigenvalue weighted by Gasteiger charge is -1.67. The Labute approximate surface area is 62.8 Å². The van der Waals surface area contributed by atoms with Crippen LogP contribution >= 0.6 is 35.3 Å². The SMILES string of the molecule is I.Nc1nccs1. The van der Waals surface area contributed by atoms with E-state index < -0.39 is 0 Å². The van der Waals surface area contributed by atoms with Gasteiger partial charge < -0.3 is 5.73 Å². The van der Waals surface area contributed by atoms with Gasteiger partial charge in [0.25, 0.3) is 0 Å². The molecule has 1 heterocycles. The Bertz CT molecular complexity index is 116. The van der Waals surface area contributed by atoms with E-state index in [-0.39, 0.29) is 24.0 Å². The molecule has 1 rings (SSSR count). The molecule has 0 saturated heterocycles. The third-order valence-electron chi connectivity index (χ3n) is 0.451. The number of nitrogens with two attached hydrogens (primary N) is 1. The summed E-state index contributed by atoms with van der Waals surface area (Å²) in [6.45, 7) is 0. The fraction of sp³-hybridized carbons (Fsp3) is 0. The van der Waals surface area contributed by atoms with Gasteiger partial charge in [-0.15, -0.1) is 35.3 Å². The molecular weight excluding hydrogens is 223 g/mol. The third-order valence-corrected chi connectivity index (χ3v) is 1.06. The van der Waals surface area contributed by atoms with Crippen LogP contribution in [0.25, 0.3) is 0 Å². The first-order chi connectivity index (χ1) is 2.89. The summed E-state index contributed by atoms with van der Waals surface area (Å²) in [7, 11) is 0. The first-order valence-electron chi connectivity index (χ1n) is 1.54. The summed E-state index contributed by atoms with van der Waals surface area (Å²) in [5, 5.41) is 2.48. The minimum Gasteiger partial charge on any atom is -0.375 e. The molecule has 2 N–H and O–H groups in total. The molecule has 0 bridgehead atoms. The quantitative estimate of drug-likeness (QED) is 0.680. The predicted molar refractivity (Wildman–Crippen MR) is 41.9 cm³/mol. The first-order valence-corrected chi connectivity index (χ1v) is 2.42. The number of aromatic nitrogens is 1. The Morgan fingerprint density at radius 1 is 1.71 bits per heavy atom. The molecule has 0 aliphatic rings. The van der Waals surface area contributed by atoms with Crippen molar-refractivity contribution < 1.29 is 0 Å². The van der Waals surface area contributed by atoms with E-state index in [4.69, 9.17) is 5.73 Å². The molecule has 0 radical (unpaired) electrons. The van der Waals surface area contributed by atoms with Crippen molar-refractivity contribution in [3.05, 3.63) is 11.6 Å². The van der Waals surface area contributed by atoms with Gasteiger partial charge in [-0.05, 0) is 0 Å². The average Bonchev–Trinajstić information content (AvgIpc) is 1.86. The van der Waals surface area contributed by atoms with E-state index >= 15 is 0 Å². The molecule has 0 aliphatic heterocycles. The minimum atomic E-state index is 0. The smallest absolute Gasteiger partial charge is 0.179 e. The molecule has 40 valence electrons. The maximum atomic E-state index is 5.19. The predicted octanol–water partition coefficient (Wildman–Crippen LogP) is 1.34. The van der Waals surface area contributed by atoms with Crippen LogP contribution in [0.3, 0.4) is 0 Å². The second-order valence-corrected chi connectivity index (χ2v) is 1.80. The molecule has 2 nitrogen and oxygen atoms in total. The van der Waals surface area contributed by atoms with Crippen molar-refractivity contribution in [3.63, 3.8) is 0 Å². The van der Waals surface area contributed by atoms with Crippen molar-refractivity contribution in [2.24, 2.45) is 0 Å². The van der Waals surface area contributed by atoms with Gasteiger partial charge in [0, 0.05) is 11.6 Å². The molecule has 0 aliphatic carbocycles. The highest BCUT2D eigenvalue weighted by atomic mass is 127. The van der Waals surface area contributed by atoms with Gasteiger partial charge in [-0.1, -0.05) is 0 Å². The molecule has 0 saturated carbocycles. The molecule has 0 amide bonds. The lowest BCUT2D eigenvalue weighted by atomic mass is 11.0. The van der Waals surface area contributed by atoms with Crippen molar-refractivity contribution in [2.45, 2.75) is 0 Å². The standard InChI is InChI=1S/C3H4N2S.HI/c4-3-5-1-2-6-3;/h1-2H,(H2,4,5);1H. The fourth-order valence-corrected chi connectivity index (χ4v) is 0.617. The van der Waals surface area contributed by atoms with E-state index in [1.165, 1.54) is 11.3 Å². The summed E-state index contributed by atoms with van der Waals surface area (Å²) in [6, 6.07) is 0. The van der Waals surface area contributed by atoms with E-state index in [0.29, 0.717) is 5.13 Å². The zero-order chi connectivity index (χ0) is 4.41. The van der Waals surface area contributed by atoms with Crippen LogP contribution in [0.1, 0.15) is 0 Å². The molecule has 4 heteroatoms. The van der Waals surface area contributed by atoms with Crippen LogP contribution in [-0.2, 0) is 0 Å². The second kappa shape index (κ2) is 3.20. The Morgan fingerprint density at radius 2 is 2.43 bits per heavy atom. The molecule has 0 spiro atoms. The van der Waals surface area contributed by atoms with Crippen LogP contribution in [0.5, 0.6) is 0 Å². The number of nitrogens with zero attached hydrogens (tertiary/aromatic N) is 1. The summed E-state index contributed by atoms with van der Waals surface area (Å²) in [6.07, 6.45) is 1.68. The first kappa shape index (κ1) is 7.16. The van der Waals surface area contributed by atoms with Crippen LogP contribution in [0.15, 0.2) is 11.6 Å². The number of rotatable bonds is 0. The van der Waals surface area contributed by atoms with E-state index in [1.807, 2.05) is 5.38 Å². The van der Waals surface area contributed by atoms with Gasteiger partial charge in [0.05, 0.1) is 0 Å². The summed E-state index contributed by atoms with van der Waals surface area (Å²) < 4.78 is 0. The van der Waals surface area contributed by atoms with Crippen LogP contribution < -0.4 is 5.73 Å². The number of anilines is 1. The minimum absolute atomic E-state index is 0. The van der Waals surface area contributed by atoms with E-state index in [9.17, 15) is 0 Å². The molecule has 0 unspecified atom stereocenters. The average molecular weight is 228 g/mol. The number of hydrogen-bond donors (Lipinski definition) is 1. The van der Waals surface area contributed by atoms with Crippen molar-refractivity contribution in [3.8, 4) is 0 Å². The summed E-state index contributed by atoms with van der Waals surface area (Å²) >= 11 is 1.44. The monoisotopic (exact) mass is 228 g/mol. The van der Waals surface area contributed by atoms with E-state index in [0.717, 1.165) is 0 Å². The van der Waals surface area contributed by atoms with Crippen molar-refractivity contribution in [1.82, 2.24) is 4.98 Å². The molecule has 1 aromatic rings. The Morgan fingerprint density at radius 3 is 2.57 bits per heavy atom. The number of halogens is 1. The van der Waals surface area contributed by atoms with Crippen LogP contribution in [0, 0.1) is 0 Å². The van der Waals surface area contributed by atoms with Gasteiger partial charge in [-0.25, -0.2) is 4.98 Å². The highest BCUT2D eigenvalue weighted by molar-refractivity contribution is 14.0. The number of thiazole rings is 1. The van der Waals surface area contributed by atoms with Gasteiger partial charge >= 0.3 is 0 Å². The molecular formula is C3H5IN2S. The van der Waals surface area contributed by atoms with Gasteiger partial charge in [0.2, 0.25) is 0 Å². The Balaban J connectivity index is 0.000000360. The van der Waals surface area contributed by atoms with Crippen LogP contribution in [0.2, 0.25) is 0 Å². The zero-order valence-electron chi connectivity index (χ0n) is 3.50. The molecule has 1 aromatic heterocycles. The lowest BCUT2D eigenvalue weighted by Crippen LogP contribution is -1.77. The van der Waals surface area contributed by atoms with Crippen molar-refractivity contribution >= 4 is 40.4 Å². The van der Waals surface area contributed by atoms with Crippen LogP contribution in [-0.4, -0.2) is 4.98 Å². The van der Waals surface area contributed by atoms with Crippen LogP contribution in [0.4, 0.5) is 5.13 Å². The summed E-state index contributed by atoms with van der Waals surface area (Å²) in [5.41, 5.74) is 5.19. The Kier molecular flexibility index (Phi) is 3.27. The molecule has 0 atom stereocenters. The van der Waals surface area contributed by atoms with Gasteiger partial charge in [-0.3, -0.25) is 0 Å². The summed E-state index contributed by atoms with van der Waals surface area (Å²) in [4.78, 5) is 3.71. The van der Waals surface area contributed by atoms with Crippen molar-refractivity contribution in [1.29, 1.82) is 0 Å². The zero-order valence-corrected chi connectivity index (χ0v) is 6.64. The van der Waals surface area contributed by atoms with Gasteiger partial charge in [0.15, 0.2) is 5.13 Å². The molecule has 0 aromatic carbocycles. The maximum absolute atomic E-state index is 5.19. The van der Waals surface area contributed by atoms with Crippen molar-refractivity contribution in [2.75, 3.05) is 5.73 Å². The topological polar surface area (TPSA) is 38.9 Å². The molecule has 0 fully saturated rings. The van der Waals surface area contributed by atoms with E-state index in [1.54, 1.807) is 6.20 Å². The highest BCUT2D eigenvalue weighted by Crippen LogP contribution is 2.02. The summed E-state index contributed by atoms with van der Waals surface area (Å²) in [5.74, 6) is 0. The normalized spacial score (nSPS) is 7.43. The Hall–Kier alpha value is 0.160. The fourth-order valence-electron chi connectivity index (χ4n) is 0.234. The number of hydrogen-bond acceptors (Lipinski definition) is 3. The number of nitrogen functional groups attached to an aromatic ring is 1.